The smallest absolute Gasteiger partial charge is 0.343 e. The minimum Gasteiger partial charge on any atom is -0.508 e. The fourth-order valence-electron chi connectivity index (χ4n) is 4.01. The summed E-state index contributed by atoms with van der Waals surface area (Å²) in [5, 5.41) is 41.8. The average Bonchev–Trinajstić information content (AvgIpc) is 2.71. The summed E-state index contributed by atoms with van der Waals surface area (Å²) < 4.78 is 10.7. The lowest BCUT2D eigenvalue weighted by molar-refractivity contribution is 0.281. The van der Waals surface area contributed by atoms with Gasteiger partial charge in [0.1, 0.15) is 34.2 Å². The van der Waals surface area contributed by atoms with Crippen LogP contribution in [-0.2, 0) is 0 Å². The van der Waals surface area contributed by atoms with E-state index in [1.54, 1.807) is 13.8 Å². The Morgan fingerprint density at radius 1 is 0.781 bits per heavy atom. The van der Waals surface area contributed by atoms with E-state index in [2.05, 4.69) is 0 Å². The number of phenols is 2. The van der Waals surface area contributed by atoms with E-state index < -0.39 is 34.1 Å². The predicted octanol–water partition coefficient (Wildman–Crippen LogP) is 4.29. The molecule has 0 unspecified atom stereocenters. The standard InChI is InChI=1S/C24H22O8/c1-4-24(2,3)19(17-20(27)13-7-5-11(25)9-15(13)31-22(17)29)18-21(28)14-8-6-12(26)10-16(14)32-23(18)30/h5-10,19,25-28H,4H2,1-3H3. The van der Waals surface area contributed by atoms with E-state index in [4.69, 9.17) is 8.83 Å². The normalized spacial score (nSPS) is 12.1. The van der Waals surface area contributed by atoms with Gasteiger partial charge in [0.15, 0.2) is 0 Å². The Bertz CT molecular complexity index is 1370. The van der Waals surface area contributed by atoms with Gasteiger partial charge in [-0.25, -0.2) is 9.59 Å². The van der Waals surface area contributed by atoms with Crippen molar-refractivity contribution < 1.29 is 29.3 Å². The third kappa shape index (κ3) is 3.24. The molecule has 2 aromatic carbocycles. The highest BCUT2D eigenvalue weighted by atomic mass is 16.4. The molecule has 4 aromatic rings. The molecule has 0 aliphatic rings. The molecule has 4 rings (SSSR count). The highest BCUT2D eigenvalue weighted by molar-refractivity contribution is 5.87. The van der Waals surface area contributed by atoms with Crippen LogP contribution in [0.15, 0.2) is 54.8 Å². The zero-order valence-corrected chi connectivity index (χ0v) is 17.7. The number of fused-ring (bicyclic) bond motifs is 2. The fourth-order valence-corrected chi connectivity index (χ4v) is 4.01. The average molecular weight is 438 g/mol. The third-order valence-electron chi connectivity index (χ3n) is 6.07. The summed E-state index contributed by atoms with van der Waals surface area (Å²) in [6.45, 7) is 5.43. The van der Waals surface area contributed by atoms with E-state index >= 15 is 0 Å². The Morgan fingerprint density at radius 3 is 1.56 bits per heavy atom. The van der Waals surface area contributed by atoms with Gasteiger partial charge in [-0.1, -0.05) is 27.2 Å². The summed E-state index contributed by atoms with van der Waals surface area (Å²) >= 11 is 0. The zero-order chi connectivity index (χ0) is 23.4. The zero-order valence-electron chi connectivity index (χ0n) is 17.7. The highest BCUT2D eigenvalue weighted by Crippen LogP contribution is 2.48. The first-order chi connectivity index (χ1) is 15.0. The van der Waals surface area contributed by atoms with Crippen LogP contribution in [0.4, 0.5) is 0 Å². The van der Waals surface area contributed by atoms with Crippen LogP contribution < -0.4 is 11.3 Å². The van der Waals surface area contributed by atoms with Crippen LogP contribution in [0.1, 0.15) is 44.2 Å². The van der Waals surface area contributed by atoms with Crippen LogP contribution in [0.25, 0.3) is 21.9 Å². The second-order valence-electron chi connectivity index (χ2n) is 8.44. The van der Waals surface area contributed by atoms with Crippen molar-refractivity contribution in [3.8, 4) is 23.0 Å². The monoisotopic (exact) mass is 438 g/mol. The molecule has 4 N–H and O–H groups in total. The molecular formula is C24H22O8. The van der Waals surface area contributed by atoms with Gasteiger partial charge in [0, 0.05) is 18.1 Å². The van der Waals surface area contributed by atoms with E-state index in [0.717, 1.165) is 0 Å². The van der Waals surface area contributed by atoms with Gasteiger partial charge >= 0.3 is 11.3 Å². The summed E-state index contributed by atoms with van der Waals surface area (Å²) in [4.78, 5) is 26.0. The second-order valence-corrected chi connectivity index (χ2v) is 8.44. The Kier molecular flexibility index (Phi) is 4.88. The molecule has 0 amide bonds. The van der Waals surface area contributed by atoms with Gasteiger partial charge in [0.25, 0.3) is 0 Å². The quantitative estimate of drug-likeness (QED) is 0.346. The maximum atomic E-state index is 13.0. The first kappa shape index (κ1) is 21.3. The predicted molar refractivity (Wildman–Crippen MR) is 118 cm³/mol. The van der Waals surface area contributed by atoms with Crippen molar-refractivity contribution in [2.24, 2.45) is 5.41 Å². The maximum absolute atomic E-state index is 13.0. The molecule has 0 saturated carbocycles. The molecule has 0 radical (unpaired) electrons. The van der Waals surface area contributed by atoms with Gasteiger partial charge in [-0.15, -0.1) is 0 Å². The van der Waals surface area contributed by atoms with Crippen LogP contribution in [0.3, 0.4) is 0 Å². The Morgan fingerprint density at radius 2 is 1.19 bits per heavy atom. The maximum Gasteiger partial charge on any atom is 0.343 e. The summed E-state index contributed by atoms with van der Waals surface area (Å²) in [5.41, 5.74) is -3.04. The summed E-state index contributed by atoms with van der Waals surface area (Å²) in [6, 6.07) is 7.87. The van der Waals surface area contributed by atoms with Crippen molar-refractivity contribution in [3.05, 3.63) is 68.4 Å². The number of hydrogen-bond donors (Lipinski definition) is 4. The molecule has 0 atom stereocenters. The molecule has 2 aromatic heterocycles. The van der Waals surface area contributed by atoms with Crippen LogP contribution in [0, 0.1) is 5.41 Å². The van der Waals surface area contributed by atoms with Gasteiger partial charge < -0.3 is 29.3 Å². The molecular weight excluding hydrogens is 416 g/mol. The molecule has 0 bridgehead atoms. The minimum atomic E-state index is -1.09. The van der Waals surface area contributed by atoms with Gasteiger partial charge in [0.05, 0.1) is 21.9 Å². The molecule has 8 nitrogen and oxygen atoms in total. The highest BCUT2D eigenvalue weighted by Gasteiger charge is 2.40. The number of phenolic OH excluding ortho intramolecular Hbond substituents is 2. The Labute approximate surface area is 181 Å². The molecule has 0 spiro atoms. The number of hydrogen-bond acceptors (Lipinski definition) is 8. The third-order valence-corrected chi connectivity index (χ3v) is 6.07. The molecule has 166 valence electrons. The summed E-state index contributed by atoms with van der Waals surface area (Å²) in [6.07, 6.45) is 0.469. The van der Waals surface area contributed by atoms with Crippen molar-refractivity contribution in [1.29, 1.82) is 0 Å². The van der Waals surface area contributed by atoms with Gasteiger partial charge in [-0.05, 0) is 29.7 Å². The molecule has 2 heterocycles. The van der Waals surface area contributed by atoms with Crippen LogP contribution >= 0.6 is 0 Å². The molecule has 0 aliphatic heterocycles. The number of benzene rings is 2. The van der Waals surface area contributed by atoms with Gasteiger partial charge in [0.2, 0.25) is 0 Å². The minimum absolute atomic E-state index is 0.0189. The van der Waals surface area contributed by atoms with E-state index in [0.29, 0.717) is 6.42 Å². The van der Waals surface area contributed by atoms with E-state index in [1.165, 1.54) is 36.4 Å². The summed E-state index contributed by atoms with van der Waals surface area (Å²) in [7, 11) is 0. The molecule has 0 saturated heterocycles. The Balaban J connectivity index is 2.12. The lowest BCUT2D eigenvalue weighted by Crippen LogP contribution is -2.31. The second kappa shape index (κ2) is 7.33. The molecule has 0 aliphatic carbocycles. The van der Waals surface area contributed by atoms with Crippen molar-refractivity contribution in [2.45, 2.75) is 33.1 Å². The largest absolute Gasteiger partial charge is 0.508 e. The van der Waals surface area contributed by atoms with E-state index in [9.17, 15) is 30.0 Å². The SMILES string of the molecule is CCC(C)(C)C(c1c(O)c2ccc(O)cc2oc1=O)c1c(O)c2ccc(O)cc2oc1=O. The van der Waals surface area contributed by atoms with Crippen molar-refractivity contribution >= 4 is 21.9 Å². The first-order valence-corrected chi connectivity index (χ1v) is 10.0. The lowest BCUT2D eigenvalue weighted by atomic mass is 9.69. The Hall–Kier alpha value is -3.94. The fraction of sp³-hybridized carbons (Fsp3) is 0.250. The van der Waals surface area contributed by atoms with Crippen molar-refractivity contribution in [2.75, 3.05) is 0 Å². The molecule has 0 fully saturated rings. The molecule has 8 heteroatoms. The molecule has 32 heavy (non-hydrogen) atoms. The van der Waals surface area contributed by atoms with Crippen LogP contribution in [0.2, 0.25) is 0 Å². The topological polar surface area (TPSA) is 141 Å². The number of rotatable bonds is 4. The lowest BCUT2D eigenvalue weighted by Gasteiger charge is -2.33. The van der Waals surface area contributed by atoms with Crippen molar-refractivity contribution in [1.82, 2.24) is 0 Å². The first-order valence-electron chi connectivity index (χ1n) is 10.0. The van der Waals surface area contributed by atoms with Crippen LogP contribution in [0.5, 0.6) is 23.0 Å². The van der Waals surface area contributed by atoms with Crippen LogP contribution in [-0.4, -0.2) is 20.4 Å². The van der Waals surface area contributed by atoms with Crippen molar-refractivity contribution in [3.63, 3.8) is 0 Å². The number of aromatic hydroxyl groups is 4. The van der Waals surface area contributed by atoms with E-state index in [-0.39, 0.29) is 44.6 Å². The van der Waals surface area contributed by atoms with Gasteiger partial charge in [-0.2, -0.15) is 0 Å². The van der Waals surface area contributed by atoms with E-state index in [1.807, 2.05) is 6.92 Å². The summed E-state index contributed by atoms with van der Waals surface area (Å²) in [5.74, 6) is -2.19. The van der Waals surface area contributed by atoms with Gasteiger partial charge in [-0.3, -0.25) is 0 Å².